The Balaban J connectivity index is 1.54. The van der Waals surface area contributed by atoms with Gasteiger partial charge in [0, 0.05) is 44.2 Å². The number of amides is 4. The summed E-state index contributed by atoms with van der Waals surface area (Å²) < 4.78 is 22.6. The molecule has 2 aliphatic rings. The summed E-state index contributed by atoms with van der Waals surface area (Å²) in [6, 6.07) is 4.29. The zero-order valence-electron chi connectivity index (χ0n) is 25.9. The lowest BCUT2D eigenvalue weighted by atomic mass is 9.82. The summed E-state index contributed by atoms with van der Waals surface area (Å²) in [4.78, 5) is 53.2. The maximum atomic E-state index is 15.6. The summed E-state index contributed by atoms with van der Waals surface area (Å²) in [5.74, 6) is -1.90. The van der Waals surface area contributed by atoms with E-state index in [1.54, 1.807) is 36.9 Å². The first-order valence-corrected chi connectivity index (χ1v) is 15.8. The Hall–Kier alpha value is -3.80. The molecule has 1 aromatic carbocycles. The summed E-state index contributed by atoms with van der Waals surface area (Å²) in [6.45, 7) is 6.99. The van der Waals surface area contributed by atoms with Crippen molar-refractivity contribution in [2.45, 2.75) is 103 Å². The molecule has 1 saturated carbocycles. The second kappa shape index (κ2) is 15.8. The second-order valence-electron chi connectivity index (χ2n) is 11.7. The zero-order valence-corrected chi connectivity index (χ0v) is 25.9. The van der Waals surface area contributed by atoms with Gasteiger partial charge in [0.2, 0.25) is 24.1 Å². The first-order chi connectivity index (χ1) is 21.3. The monoisotopic (exact) mass is 612 g/mol. The average Bonchev–Trinajstić information content (AvgIpc) is 3.52. The zero-order chi connectivity index (χ0) is 31.6. The number of carbonyl (C=O) groups excluding carboxylic acids is 4. The molecule has 2 heterocycles. The van der Waals surface area contributed by atoms with E-state index in [1.165, 1.54) is 17.0 Å². The van der Waals surface area contributed by atoms with Gasteiger partial charge in [-0.15, -0.1) is 0 Å². The summed E-state index contributed by atoms with van der Waals surface area (Å²) in [5.41, 5.74) is 0.469. The van der Waals surface area contributed by atoms with Crippen LogP contribution in [0.5, 0.6) is 0 Å². The van der Waals surface area contributed by atoms with Crippen LogP contribution >= 0.6 is 0 Å². The smallest absolute Gasteiger partial charge is 0.247 e. The highest BCUT2D eigenvalue weighted by molar-refractivity contribution is 6.00. The molecule has 4 amide bonds. The van der Waals surface area contributed by atoms with Crippen molar-refractivity contribution in [1.82, 2.24) is 20.4 Å². The minimum Gasteiger partial charge on any atom is -0.381 e. The van der Waals surface area contributed by atoms with Crippen LogP contribution in [0.3, 0.4) is 0 Å². The molecule has 3 N–H and O–H groups in total. The van der Waals surface area contributed by atoms with Gasteiger partial charge in [-0.25, -0.2) is 9.07 Å². The van der Waals surface area contributed by atoms with Crippen LogP contribution in [-0.2, 0) is 30.5 Å². The van der Waals surface area contributed by atoms with Crippen molar-refractivity contribution < 1.29 is 28.3 Å². The van der Waals surface area contributed by atoms with E-state index in [1.807, 2.05) is 6.92 Å². The van der Waals surface area contributed by atoms with Crippen molar-refractivity contribution in [3.8, 4) is 0 Å². The molecule has 0 radical (unpaired) electrons. The maximum Gasteiger partial charge on any atom is 0.247 e. The molecule has 0 spiro atoms. The molecule has 2 aromatic rings. The number of hydrogen-bond donors (Lipinski definition) is 3. The first-order valence-electron chi connectivity index (χ1n) is 15.8. The van der Waals surface area contributed by atoms with Crippen molar-refractivity contribution >= 4 is 35.6 Å². The van der Waals surface area contributed by atoms with Crippen molar-refractivity contribution in [2.75, 3.05) is 23.4 Å². The number of rotatable bonds is 13. The van der Waals surface area contributed by atoms with Gasteiger partial charge in [-0.2, -0.15) is 5.10 Å². The van der Waals surface area contributed by atoms with Gasteiger partial charge in [-0.05, 0) is 56.2 Å². The van der Waals surface area contributed by atoms with E-state index < -0.39 is 29.7 Å². The Bertz CT molecular complexity index is 1290. The van der Waals surface area contributed by atoms with Crippen LogP contribution in [0.4, 0.5) is 15.9 Å². The number of aryl methyl sites for hydroxylation is 1. The quantitative estimate of drug-likeness (QED) is 0.294. The van der Waals surface area contributed by atoms with Crippen molar-refractivity contribution in [3.05, 3.63) is 41.8 Å². The SMILES string of the molecule is CCC(=O)N[C@@H](C(=O)NC1CCOCC1)[C@@H](C)c1ccc(NC(=O)[C@H](C2CCCCC2)N(C=O)c2ccnn2CC)c(F)c1. The van der Waals surface area contributed by atoms with Gasteiger partial charge < -0.3 is 20.7 Å². The fourth-order valence-electron chi connectivity index (χ4n) is 6.21. The molecular formula is C32H45FN6O5. The number of hydrogen-bond acceptors (Lipinski definition) is 6. The number of benzene rings is 1. The Labute approximate surface area is 258 Å². The third-order valence-electron chi connectivity index (χ3n) is 8.80. The molecule has 11 nitrogen and oxygen atoms in total. The van der Waals surface area contributed by atoms with E-state index in [0.29, 0.717) is 50.4 Å². The molecule has 4 rings (SSSR count). The number of anilines is 2. The van der Waals surface area contributed by atoms with Crippen molar-refractivity contribution in [2.24, 2.45) is 5.92 Å². The second-order valence-corrected chi connectivity index (χ2v) is 11.7. The Morgan fingerprint density at radius 3 is 2.45 bits per heavy atom. The molecule has 44 heavy (non-hydrogen) atoms. The number of aromatic nitrogens is 2. The predicted molar refractivity (Wildman–Crippen MR) is 164 cm³/mol. The van der Waals surface area contributed by atoms with Crippen LogP contribution in [0.1, 0.15) is 83.6 Å². The van der Waals surface area contributed by atoms with Gasteiger partial charge >= 0.3 is 0 Å². The lowest BCUT2D eigenvalue weighted by Crippen LogP contribution is -2.52. The lowest BCUT2D eigenvalue weighted by molar-refractivity contribution is -0.130. The van der Waals surface area contributed by atoms with E-state index in [2.05, 4.69) is 21.0 Å². The lowest BCUT2D eigenvalue weighted by Gasteiger charge is -2.35. The van der Waals surface area contributed by atoms with Crippen LogP contribution in [0.25, 0.3) is 0 Å². The third kappa shape index (κ3) is 8.02. The van der Waals surface area contributed by atoms with E-state index in [0.717, 1.165) is 32.1 Å². The van der Waals surface area contributed by atoms with Gasteiger partial charge in [0.25, 0.3) is 0 Å². The molecule has 240 valence electrons. The fourth-order valence-corrected chi connectivity index (χ4v) is 6.21. The molecule has 1 aliphatic carbocycles. The summed E-state index contributed by atoms with van der Waals surface area (Å²) in [7, 11) is 0. The Kier molecular flexibility index (Phi) is 11.9. The van der Waals surface area contributed by atoms with Crippen LogP contribution in [0.2, 0.25) is 0 Å². The molecular weight excluding hydrogens is 567 g/mol. The van der Waals surface area contributed by atoms with Gasteiger partial charge in [-0.1, -0.05) is 39.2 Å². The third-order valence-corrected chi connectivity index (χ3v) is 8.80. The number of nitrogens with zero attached hydrogens (tertiary/aromatic N) is 3. The van der Waals surface area contributed by atoms with Crippen LogP contribution < -0.4 is 20.9 Å². The predicted octanol–water partition coefficient (Wildman–Crippen LogP) is 3.89. The van der Waals surface area contributed by atoms with E-state index >= 15 is 4.39 Å². The van der Waals surface area contributed by atoms with Gasteiger partial charge in [0.1, 0.15) is 23.7 Å². The van der Waals surface area contributed by atoms with E-state index in [4.69, 9.17) is 4.74 Å². The average molecular weight is 613 g/mol. The summed E-state index contributed by atoms with van der Waals surface area (Å²) in [5, 5.41) is 12.8. The fraction of sp³-hybridized carbons (Fsp3) is 0.594. The minimum atomic E-state index is -0.912. The molecule has 1 saturated heterocycles. The maximum absolute atomic E-state index is 15.6. The number of ether oxygens (including phenoxy) is 1. The minimum absolute atomic E-state index is 0.0255. The number of halogens is 1. The van der Waals surface area contributed by atoms with Crippen molar-refractivity contribution in [3.63, 3.8) is 0 Å². The highest BCUT2D eigenvalue weighted by Crippen LogP contribution is 2.32. The highest BCUT2D eigenvalue weighted by Gasteiger charge is 2.37. The number of carbonyl (C=O) groups is 4. The Morgan fingerprint density at radius 2 is 1.82 bits per heavy atom. The summed E-state index contributed by atoms with van der Waals surface area (Å²) in [6.07, 6.45) is 8.34. The summed E-state index contributed by atoms with van der Waals surface area (Å²) >= 11 is 0. The van der Waals surface area contributed by atoms with Crippen LogP contribution in [-0.4, -0.2) is 65.3 Å². The molecule has 2 fully saturated rings. The van der Waals surface area contributed by atoms with Gasteiger partial charge in [-0.3, -0.25) is 24.1 Å². The van der Waals surface area contributed by atoms with Crippen LogP contribution in [0.15, 0.2) is 30.5 Å². The van der Waals surface area contributed by atoms with Crippen molar-refractivity contribution in [1.29, 1.82) is 0 Å². The van der Waals surface area contributed by atoms with E-state index in [-0.39, 0.29) is 35.9 Å². The standard InChI is InChI=1S/C32H45FN6O5/c1-4-27(41)37-29(31(42)35-24-14-17-44-18-15-24)21(3)23-11-12-26(25(33)19-23)36-32(43)30(22-9-7-6-8-10-22)38(20-40)28-13-16-34-39(28)5-2/h11-13,16,19-22,24,29-30H,4-10,14-15,17-18H2,1-3H3,(H,35,42)(H,36,43)(H,37,41)/t21-,29+,30-/m0/s1. The molecule has 0 bridgehead atoms. The molecule has 0 unspecified atom stereocenters. The van der Waals surface area contributed by atoms with Crippen LogP contribution in [0, 0.1) is 11.7 Å². The molecule has 12 heteroatoms. The molecule has 1 aromatic heterocycles. The highest BCUT2D eigenvalue weighted by atomic mass is 19.1. The largest absolute Gasteiger partial charge is 0.381 e. The van der Waals surface area contributed by atoms with E-state index in [9.17, 15) is 19.2 Å². The topological polar surface area (TPSA) is 135 Å². The first kappa shape index (κ1) is 33.1. The van der Waals surface area contributed by atoms with Gasteiger partial charge in [0.05, 0.1) is 11.9 Å². The Morgan fingerprint density at radius 1 is 1.09 bits per heavy atom. The molecule has 3 atom stereocenters. The van der Waals surface area contributed by atoms with Gasteiger partial charge in [0.15, 0.2) is 0 Å². The molecule has 1 aliphatic heterocycles. The normalized spacial score (nSPS) is 18.1. The number of nitrogens with one attached hydrogen (secondary N) is 3.